The summed E-state index contributed by atoms with van der Waals surface area (Å²) in [6.45, 7) is 3.66. The second kappa shape index (κ2) is 7.56. The Labute approximate surface area is 134 Å². The molecule has 6 heteroatoms. The van der Waals surface area contributed by atoms with E-state index in [-0.39, 0.29) is 12.5 Å². The maximum atomic E-state index is 11.7. The van der Waals surface area contributed by atoms with Crippen molar-refractivity contribution in [2.24, 2.45) is 5.10 Å². The fourth-order valence-corrected chi connectivity index (χ4v) is 1.91. The summed E-state index contributed by atoms with van der Waals surface area (Å²) in [7, 11) is 0. The number of carbonyl (C=O) groups excluding carboxylic acids is 1. The standard InChI is InChI=1S/C16H16ClN3O2/c1-11-7-14(8-12(2)16(11)17)22-10-15(21)20-19-9-13-3-5-18-6-4-13/h3-9H,10H2,1-2H3,(H,20,21). The first kappa shape index (κ1) is 16.0. The van der Waals surface area contributed by atoms with Gasteiger partial charge in [0.1, 0.15) is 5.75 Å². The van der Waals surface area contributed by atoms with Crippen LogP contribution >= 0.6 is 11.6 Å². The van der Waals surface area contributed by atoms with Crippen molar-refractivity contribution in [3.05, 3.63) is 58.4 Å². The van der Waals surface area contributed by atoms with E-state index in [9.17, 15) is 4.79 Å². The molecule has 1 amide bonds. The molecule has 0 fully saturated rings. The highest BCUT2D eigenvalue weighted by atomic mass is 35.5. The van der Waals surface area contributed by atoms with Crippen LogP contribution < -0.4 is 10.2 Å². The Morgan fingerprint density at radius 3 is 2.59 bits per heavy atom. The van der Waals surface area contributed by atoms with Crippen molar-refractivity contribution in [2.45, 2.75) is 13.8 Å². The van der Waals surface area contributed by atoms with Crippen LogP contribution in [0.1, 0.15) is 16.7 Å². The van der Waals surface area contributed by atoms with Gasteiger partial charge in [-0.05, 0) is 54.8 Å². The van der Waals surface area contributed by atoms with Crippen LogP contribution in [0, 0.1) is 13.8 Å². The average Bonchev–Trinajstić information content (AvgIpc) is 2.51. The summed E-state index contributed by atoms with van der Waals surface area (Å²) in [4.78, 5) is 15.5. The number of hydrogen-bond donors (Lipinski definition) is 1. The summed E-state index contributed by atoms with van der Waals surface area (Å²) < 4.78 is 5.43. The normalized spacial score (nSPS) is 10.7. The monoisotopic (exact) mass is 317 g/mol. The molecule has 2 rings (SSSR count). The first-order valence-electron chi connectivity index (χ1n) is 6.68. The molecular formula is C16H16ClN3O2. The number of nitrogens with one attached hydrogen (secondary N) is 1. The number of carbonyl (C=O) groups is 1. The Balaban J connectivity index is 1.84. The highest BCUT2D eigenvalue weighted by molar-refractivity contribution is 6.32. The predicted molar refractivity (Wildman–Crippen MR) is 86.4 cm³/mol. The average molecular weight is 318 g/mol. The Morgan fingerprint density at radius 2 is 1.95 bits per heavy atom. The van der Waals surface area contributed by atoms with Gasteiger partial charge in [0.25, 0.3) is 5.91 Å². The molecule has 0 saturated carbocycles. The molecule has 2 aromatic rings. The van der Waals surface area contributed by atoms with E-state index in [1.807, 2.05) is 13.8 Å². The van der Waals surface area contributed by atoms with Gasteiger partial charge in [-0.2, -0.15) is 5.10 Å². The van der Waals surface area contributed by atoms with Gasteiger partial charge in [-0.1, -0.05) is 11.6 Å². The van der Waals surface area contributed by atoms with Crippen molar-refractivity contribution in [1.82, 2.24) is 10.4 Å². The third-order valence-electron chi connectivity index (χ3n) is 2.89. The molecular weight excluding hydrogens is 302 g/mol. The molecule has 0 radical (unpaired) electrons. The lowest BCUT2D eigenvalue weighted by atomic mass is 10.1. The molecule has 0 aliphatic rings. The number of hydrazone groups is 1. The molecule has 114 valence electrons. The van der Waals surface area contributed by atoms with E-state index >= 15 is 0 Å². The van der Waals surface area contributed by atoms with E-state index in [0.29, 0.717) is 10.8 Å². The molecule has 0 aliphatic carbocycles. The van der Waals surface area contributed by atoms with Crippen LogP contribution in [0.4, 0.5) is 0 Å². The molecule has 0 saturated heterocycles. The van der Waals surface area contributed by atoms with Gasteiger partial charge in [0.2, 0.25) is 0 Å². The van der Waals surface area contributed by atoms with Crippen molar-refractivity contribution in [3.63, 3.8) is 0 Å². The zero-order valence-electron chi connectivity index (χ0n) is 12.3. The number of nitrogens with zero attached hydrogens (tertiary/aromatic N) is 2. The van der Waals surface area contributed by atoms with Gasteiger partial charge in [0.15, 0.2) is 6.61 Å². The van der Waals surface area contributed by atoms with Crippen LogP contribution in [0.3, 0.4) is 0 Å². The van der Waals surface area contributed by atoms with Gasteiger partial charge < -0.3 is 4.74 Å². The Hall–Kier alpha value is -2.40. The van der Waals surface area contributed by atoms with Gasteiger partial charge in [-0.25, -0.2) is 5.43 Å². The lowest BCUT2D eigenvalue weighted by Crippen LogP contribution is -2.24. The number of rotatable bonds is 5. The van der Waals surface area contributed by atoms with E-state index in [2.05, 4.69) is 15.5 Å². The molecule has 0 aliphatic heterocycles. The van der Waals surface area contributed by atoms with Crippen molar-refractivity contribution in [3.8, 4) is 5.75 Å². The zero-order valence-corrected chi connectivity index (χ0v) is 13.1. The molecule has 5 nitrogen and oxygen atoms in total. The fraction of sp³-hybridized carbons (Fsp3) is 0.188. The molecule has 1 aromatic carbocycles. The van der Waals surface area contributed by atoms with Gasteiger partial charge in [-0.3, -0.25) is 9.78 Å². The summed E-state index contributed by atoms with van der Waals surface area (Å²) in [6.07, 6.45) is 4.84. The molecule has 1 N–H and O–H groups in total. The minimum atomic E-state index is -0.337. The third kappa shape index (κ3) is 4.56. The number of amides is 1. The summed E-state index contributed by atoms with van der Waals surface area (Å²) in [5.74, 6) is 0.267. The topological polar surface area (TPSA) is 63.6 Å². The summed E-state index contributed by atoms with van der Waals surface area (Å²) >= 11 is 6.08. The Bertz CT molecular complexity index is 664. The van der Waals surface area contributed by atoms with Crippen LogP contribution in [0.25, 0.3) is 0 Å². The largest absolute Gasteiger partial charge is 0.484 e. The van der Waals surface area contributed by atoms with Crippen molar-refractivity contribution in [1.29, 1.82) is 0 Å². The van der Waals surface area contributed by atoms with Crippen molar-refractivity contribution >= 4 is 23.7 Å². The van der Waals surface area contributed by atoms with Crippen LogP contribution in [-0.4, -0.2) is 23.7 Å². The zero-order chi connectivity index (χ0) is 15.9. The number of aromatic nitrogens is 1. The first-order chi connectivity index (χ1) is 10.6. The van der Waals surface area contributed by atoms with Crippen molar-refractivity contribution in [2.75, 3.05) is 6.61 Å². The van der Waals surface area contributed by atoms with E-state index < -0.39 is 0 Å². The lowest BCUT2D eigenvalue weighted by Gasteiger charge is -2.09. The van der Waals surface area contributed by atoms with Gasteiger partial charge in [-0.15, -0.1) is 0 Å². The molecule has 1 aromatic heterocycles. The molecule has 22 heavy (non-hydrogen) atoms. The molecule has 0 spiro atoms. The highest BCUT2D eigenvalue weighted by Gasteiger charge is 2.06. The predicted octanol–water partition coefficient (Wildman–Crippen LogP) is 2.88. The van der Waals surface area contributed by atoms with Crippen LogP contribution in [0.2, 0.25) is 5.02 Å². The minimum absolute atomic E-state index is 0.117. The second-order valence-corrected chi connectivity index (χ2v) is 5.11. The number of ether oxygens (including phenoxy) is 1. The summed E-state index contributed by atoms with van der Waals surface area (Å²) in [5, 5.41) is 4.56. The van der Waals surface area contributed by atoms with E-state index in [0.717, 1.165) is 16.7 Å². The first-order valence-corrected chi connectivity index (χ1v) is 7.05. The summed E-state index contributed by atoms with van der Waals surface area (Å²) in [6, 6.07) is 7.16. The second-order valence-electron chi connectivity index (χ2n) is 4.73. The van der Waals surface area contributed by atoms with E-state index in [4.69, 9.17) is 16.3 Å². The molecule has 1 heterocycles. The Morgan fingerprint density at radius 1 is 1.32 bits per heavy atom. The lowest BCUT2D eigenvalue weighted by molar-refractivity contribution is -0.123. The van der Waals surface area contributed by atoms with E-state index in [1.54, 1.807) is 36.7 Å². The fourth-order valence-electron chi connectivity index (χ4n) is 1.80. The molecule has 0 bridgehead atoms. The highest BCUT2D eigenvalue weighted by Crippen LogP contribution is 2.25. The SMILES string of the molecule is Cc1cc(OCC(=O)NN=Cc2ccncc2)cc(C)c1Cl. The summed E-state index contributed by atoms with van der Waals surface area (Å²) in [5.41, 5.74) is 5.07. The van der Waals surface area contributed by atoms with Gasteiger partial charge in [0.05, 0.1) is 6.21 Å². The van der Waals surface area contributed by atoms with Crippen LogP contribution in [0.15, 0.2) is 41.8 Å². The maximum Gasteiger partial charge on any atom is 0.277 e. The minimum Gasteiger partial charge on any atom is -0.484 e. The number of halogens is 1. The maximum absolute atomic E-state index is 11.7. The Kier molecular flexibility index (Phi) is 5.49. The number of benzene rings is 1. The van der Waals surface area contributed by atoms with Crippen LogP contribution in [0.5, 0.6) is 5.75 Å². The number of hydrogen-bond acceptors (Lipinski definition) is 4. The van der Waals surface area contributed by atoms with Gasteiger partial charge >= 0.3 is 0 Å². The number of aryl methyl sites for hydroxylation is 2. The molecule has 0 atom stereocenters. The smallest absolute Gasteiger partial charge is 0.277 e. The van der Waals surface area contributed by atoms with E-state index in [1.165, 1.54) is 6.21 Å². The molecule has 0 unspecified atom stereocenters. The van der Waals surface area contributed by atoms with Crippen LogP contribution in [-0.2, 0) is 4.79 Å². The third-order valence-corrected chi connectivity index (χ3v) is 3.49. The quantitative estimate of drug-likeness (QED) is 0.681. The van der Waals surface area contributed by atoms with Crippen molar-refractivity contribution < 1.29 is 9.53 Å². The van der Waals surface area contributed by atoms with Gasteiger partial charge in [0, 0.05) is 17.4 Å². The number of pyridine rings is 1.